The largest absolute Gasteiger partial charge is 0.416 e. The highest BCUT2D eigenvalue weighted by molar-refractivity contribution is 9.10. The van der Waals surface area contributed by atoms with Crippen molar-refractivity contribution in [3.05, 3.63) is 57.8 Å². The minimum absolute atomic E-state index is 0.0194. The van der Waals surface area contributed by atoms with E-state index in [-0.39, 0.29) is 16.9 Å². The fraction of sp³-hybridized carbons (Fsp3) is 0.0714. The lowest BCUT2D eigenvalue weighted by atomic mass is 10.1. The highest BCUT2D eigenvalue weighted by Gasteiger charge is 2.31. The van der Waals surface area contributed by atoms with Gasteiger partial charge in [-0.3, -0.25) is 0 Å². The Labute approximate surface area is 126 Å². The first kappa shape index (κ1) is 15.3. The molecule has 0 aliphatic carbocycles. The van der Waals surface area contributed by atoms with E-state index in [2.05, 4.69) is 21.2 Å². The highest BCUT2D eigenvalue weighted by Crippen LogP contribution is 2.35. The fourth-order valence-corrected chi connectivity index (χ4v) is 1.97. The zero-order chi connectivity index (χ0) is 15.6. The Morgan fingerprint density at radius 3 is 2.33 bits per heavy atom. The van der Waals surface area contributed by atoms with E-state index in [0.29, 0.717) is 4.47 Å². The van der Waals surface area contributed by atoms with Crippen molar-refractivity contribution in [3.63, 3.8) is 0 Å². The van der Waals surface area contributed by atoms with Gasteiger partial charge in [0.1, 0.15) is 5.82 Å². The molecule has 2 aromatic rings. The second kappa shape index (κ2) is 5.74. The van der Waals surface area contributed by atoms with E-state index in [1.165, 1.54) is 18.2 Å². The number of alkyl halides is 3. The lowest BCUT2D eigenvalue weighted by Gasteiger charge is -2.13. The van der Waals surface area contributed by atoms with Gasteiger partial charge in [0.15, 0.2) is 0 Å². The van der Waals surface area contributed by atoms with Crippen LogP contribution in [0.2, 0.25) is 0 Å². The monoisotopic (exact) mass is 358 g/mol. The van der Waals surface area contributed by atoms with Crippen molar-refractivity contribution in [1.82, 2.24) is 0 Å². The smallest absolute Gasteiger partial charge is 0.352 e. The first-order valence-corrected chi connectivity index (χ1v) is 6.44. The lowest BCUT2D eigenvalue weighted by molar-refractivity contribution is -0.137. The number of hydrogen-bond acceptors (Lipinski definition) is 2. The minimum atomic E-state index is -4.49. The summed E-state index contributed by atoms with van der Waals surface area (Å²) in [5.41, 5.74) is -0.661. The van der Waals surface area contributed by atoms with E-state index >= 15 is 0 Å². The van der Waals surface area contributed by atoms with E-state index in [1.54, 1.807) is 6.07 Å². The van der Waals surface area contributed by atoms with Crippen molar-refractivity contribution < 1.29 is 17.6 Å². The standard InChI is InChI=1S/C14H7BrF4N2/c15-10-3-2-9(14(17,18)19)6-13(10)21-12-4-1-8(7-20)5-11(12)16/h1-6,21H. The van der Waals surface area contributed by atoms with Gasteiger partial charge in [0.25, 0.3) is 0 Å². The second-order valence-corrected chi connectivity index (χ2v) is 4.98. The number of halogens is 5. The predicted octanol–water partition coefficient (Wildman–Crippen LogP) is 5.22. The summed E-state index contributed by atoms with van der Waals surface area (Å²) < 4.78 is 52.1. The van der Waals surface area contributed by atoms with Crippen LogP contribution in [0.3, 0.4) is 0 Å². The van der Waals surface area contributed by atoms with E-state index in [4.69, 9.17) is 5.26 Å². The van der Waals surface area contributed by atoms with Crippen LogP contribution in [0.4, 0.5) is 28.9 Å². The summed E-state index contributed by atoms with van der Waals surface area (Å²) >= 11 is 3.10. The van der Waals surface area contributed by atoms with E-state index in [0.717, 1.165) is 18.2 Å². The van der Waals surface area contributed by atoms with Crippen LogP contribution in [-0.4, -0.2) is 0 Å². The summed E-state index contributed by atoms with van der Waals surface area (Å²) in [6.07, 6.45) is -4.49. The zero-order valence-corrected chi connectivity index (χ0v) is 11.9. The summed E-state index contributed by atoms with van der Waals surface area (Å²) in [5.74, 6) is -0.724. The summed E-state index contributed by atoms with van der Waals surface area (Å²) in [6, 6.07) is 8.46. The molecule has 1 N–H and O–H groups in total. The van der Waals surface area contributed by atoms with Crippen LogP contribution >= 0.6 is 15.9 Å². The van der Waals surface area contributed by atoms with Crippen LogP contribution in [-0.2, 0) is 6.18 Å². The summed E-state index contributed by atoms with van der Waals surface area (Å²) in [7, 11) is 0. The van der Waals surface area contributed by atoms with Crippen molar-refractivity contribution in [1.29, 1.82) is 5.26 Å². The van der Waals surface area contributed by atoms with Crippen LogP contribution in [0.1, 0.15) is 11.1 Å². The first-order chi connectivity index (χ1) is 9.81. The second-order valence-electron chi connectivity index (χ2n) is 4.12. The molecule has 7 heteroatoms. The molecule has 0 bridgehead atoms. The van der Waals surface area contributed by atoms with Crippen molar-refractivity contribution in [2.45, 2.75) is 6.18 Å². The van der Waals surface area contributed by atoms with E-state index in [9.17, 15) is 17.6 Å². The maximum atomic E-state index is 13.7. The van der Waals surface area contributed by atoms with E-state index in [1.807, 2.05) is 0 Å². The molecule has 2 nitrogen and oxygen atoms in total. The molecule has 0 amide bonds. The van der Waals surface area contributed by atoms with Gasteiger partial charge >= 0.3 is 6.18 Å². The van der Waals surface area contributed by atoms with Gasteiger partial charge in [0, 0.05) is 4.47 Å². The SMILES string of the molecule is N#Cc1ccc(Nc2cc(C(F)(F)F)ccc2Br)c(F)c1. The van der Waals surface area contributed by atoms with Crippen LogP contribution in [0, 0.1) is 17.1 Å². The van der Waals surface area contributed by atoms with Gasteiger partial charge in [-0.05, 0) is 52.3 Å². The Hall–Kier alpha value is -2.07. The molecule has 0 heterocycles. The lowest BCUT2D eigenvalue weighted by Crippen LogP contribution is -2.06. The third-order valence-electron chi connectivity index (χ3n) is 2.66. The minimum Gasteiger partial charge on any atom is -0.352 e. The molecule has 0 saturated heterocycles. The van der Waals surface area contributed by atoms with Gasteiger partial charge in [0.05, 0.1) is 28.6 Å². The number of benzene rings is 2. The summed E-state index contributed by atoms with van der Waals surface area (Å²) in [6.45, 7) is 0. The Balaban J connectivity index is 2.38. The maximum Gasteiger partial charge on any atom is 0.416 e. The molecule has 0 atom stereocenters. The zero-order valence-electron chi connectivity index (χ0n) is 10.3. The van der Waals surface area contributed by atoms with Crippen LogP contribution in [0.25, 0.3) is 0 Å². The van der Waals surface area contributed by atoms with Crippen LogP contribution < -0.4 is 5.32 Å². The first-order valence-electron chi connectivity index (χ1n) is 5.64. The molecule has 2 aromatic carbocycles. The number of nitrogens with one attached hydrogen (secondary N) is 1. The van der Waals surface area contributed by atoms with Crippen molar-refractivity contribution in [2.24, 2.45) is 0 Å². The molecule has 108 valence electrons. The van der Waals surface area contributed by atoms with Gasteiger partial charge in [-0.25, -0.2) is 4.39 Å². The molecule has 0 aromatic heterocycles. The van der Waals surface area contributed by atoms with Crippen molar-refractivity contribution in [3.8, 4) is 6.07 Å². The van der Waals surface area contributed by atoms with Gasteiger partial charge in [-0.2, -0.15) is 18.4 Å². The average Bonchev–Trinajstić information content (AvgIpc) is 2.42. The fourth-order valence-electron chi connectivity index (χ4n) is 1.63. The molecular weight excluding hydrogens is 352 g/mol. The van der Waals surface area contributed by atoms with Gasteiger partial charge in [0.2, 0.25) is 0 Å². The average molecular weight is 359 g/mol. The third-order valence-corrected chi connectivity index (χ3v) is 3.35. The summed E-state index contributed by atoms with van der Waals surface area (Å²) in [4.78, 5) is 0. The Bertz CT molecular complexity index is 720. The molecule has 21 heavy (non-hydrogen) atoms. The molecule has 0 fully saturated rings. The third kappa shape index (κ3) is 3.52. The Morgan fingerprint density at radius 1 is 1.05 bits per heavy atom. The normalized spacial score (nSPS) is 11.0. The quantitative estimate of drug-likeness (QED) is 0.746. The topological polar surface area (TPSA) is 35.8 Å². The molecule has 0 aliphatic heterocycles. The number of nitrogens with zero attached hydrogens (tertiary/aromatic N) is 1. The van der Waals surface area contributed by atoms with Gasteiger partial charge in [-0.1, -0.05) is 0 Å². The van der Waals surface area contributed by atoms with Crippen LogP contribution in [0.15, 0.2) is 40.9 Å². The summed E-state index contributed by atoms with van der Waals surface area (Å²) in [5, 5.41) is 11.2. The predicted molar refractivity (Wildman–Crippen MR) is 73.5 cm³/mol. The molecule has 2 rings (SSSR count). The Kier molecular flexibility index (Phi) is 4.19. The van der Waals surface area contributed by atoms with Crippen molar-refractivity contribution >= 4 is 27.3 Å². The Morgan fingerprint density at radius 2 is 1.76 bits per heavy atom. The van der Waals surface area contributed by atoms with Gasteiger partial charge in [-0.15, -0.1) is 0 Å². The van der Waals surface area contributed by atoms with E-state index < -0.39 is 17.6 Å². The molecule has 0 aliphatic rings. The van der Waals surface area contributed by atoms with Crippen LogP contribution in [0.5, 0.6) is 0 Å². The molecule has 0 spiro atoms. The molecular formula is C14H7BrF4N2. The molecule has 0 radical (unpaired) electrons. The number of hydrogen-bond donors (Lipinski definition) is 1. The number of rotatable bonds is 2. The van der Waals surface area contributed by atoms with Gasteiger partial charge < -0.3 is 5.32 Å². The number of nitriles is 1. The molecule has 0 saturated carbocycles. The highest BCUT2D eigenvalue weighted by atomic mass is 79.9. The van der Waals surface area contributed by atoms with Crippen molar-refractivity contribution in [2.75, 3.05) is 5.32 Å². The molecule has 0 unspecified atom stereocenters. The maximum absolute atomic E-state index is 13.7. The number of anilines is 2.